The zero-order valence-corrected chi connectivity index (χ0v) is 19.6. The van der Waals surface area contributed by atoms with Crippen LogP contribution >= 0.6 is 0 Å². The van der Waals surface area contributed by atoms with Gasteiger partial charge in [-0.05, 0) is 71.1 Å². The Hall–Kier alpha value is -1.70. The molecule has 0 aliphatic rings. The highest BCUT2D eigenvalue weighted by atomic mass is 32.2. The molecule has 164 valence electrons. The molecule has 0 saturated carbocycles. The van der Waals surface area contributed by atoms with Gasteiger partial charge in [-0.15, -0.1) is 0 Å². The van der Waals surface area contributed by atoms with Crippen LogP contribution in [0.5, 0.6) is 0 Å². The summed E-state index contributed by atoms with van der Waals surface area (Å²) in [6.07, 6.45) is 0.650. The van der Waals surface area contributed by atoms with Crippen molar-refractivity contribution in [3.8, 4) is 0 Å². The van der Waals surface area contributed by atoms with Gasteiger partial charge in [-0.25, -0.2) is 17.9 Å². The van der Waals surface area contributed by atoms with Crippen molar-refractivity contribution >= 4 is 16.0 Å². The van der Waals surface area contributed by atoms with Gasteiger partial charge < -0.3 is 9.84 Å². The molecule has 1 aromatic rings. The molecule has 0 unspecified atom stereocenters. The van der Waals surface area contributed by atoms with Crippen molar-refractivity contribution in [2.24, 2.45) is 5.92 Å². The number of ether oxygens (including phenoxy) is 1. The van der Waals surface area contributed by atoms with Crippen molar-refractivity contribution < 1.29 is 23.1 Å². The number of carbonyl (C=O) groups excluding carboxylic acids is 1. The van der Waals surface area contributed by atoms with Gasteiger partial charge in [-0.3, -0.25) is 0 Å². The summed E-state index contributed by atoms with van der Waals surface area (Å²) in [7, 11) is -3.80. The van der Waals surface area contributed by atoms with Crippen molar-refractivity contribution in [1.82, 2.24) is 4.72 Å². The van der Waals surface area contributed by atoms with Crippen LogP contribution in [0.3, 0.4) is 0 Å². The van der Waals surface area contributed by atoms with Gasteiger partial charge in [0.25, 0.3) is 0 Å². The second-order valence-electron chi connectivity index (χ2n) is 8.94. The number of esters is 1. The Kier molecular flexibility index (Phi) is 8.62. The third kappa shape index (κ3) is 8.28. The fourth-order valence-corrected chi connectivity index (χ4v) is 4.65. The van der Waals surface area contributed by atoms with E-state index in [9.17, 15) is 18.3 Å². The summed E-state index contributed by atoms with van der Waals surface area (Å²) in [5.41, 5.74) is 1.96. The van der Waals surface area contributed by atoms with Crippen LogP contribution in [0.15, 0.2) is 28.7 Å². The monoisotopic (exact) mass is 425 g/mol. The van der Waals surface area contributed by atoms with E-state index in [2.05, 4.69) is 4.72 Å². The Balaban J connectivity index is 3.00. The number of aliphatic hydroxyl groups excluding tert-OH is 1. The van der Waals surface area contributed by atoms with Crippen LogP contribution in [-0.2, 0) is 19.6 Å². The predicted molar refractivity (Wildman–Crippen MR) is 115 cm³/mol. The lowest BCUT2D eigenvalue weighted by Gasteiger charge is -2.22. The summed E-state index contributed by atoms with van der Waals surface area (Å²) in [5, 5.41) is 10.4. The second-order valence-corrected chi connectivity index (χ2v) is 10.6. The minimum Gasteiger partial charge on any atom is -0.457 e. The highest BCUT2D eigenvalue weighted by Gasteiger charge is 2.23. The van der Waals surface area contributed by atoms with Crippen LogP contribution < -0.4 is 4.72 Å². The summed E-state index contributed by atoms with van der Waals surface area (Å²) >= 11 is 0. The molecule has 0 radical (unpaired) electrons. The number of benzene rings is 1. The first-order valence-electron chi connectivity index (χ1n) is 9.82. The zero-order valence-electron chi connectivity index (χ0n) is 18.8. The molecule has 0 aromatic heterocycles. The number of sulfonamides is 1. The molecule has 7 heteroatoms. The quantitative estimate of drug-likeness (QED) is 0.491. The normalized spacial score (nSPS) is 14.2. The predicted octanol–water partition coefficient (Wildman–Crippen LogP) is 3.57. The van der Waals surface area contributed by atoms with Gasteiger partial charge in [0.05, 0.1) is 11.0 Å². The van der Waals surface area contributed by atoms with Crippen molar-refractivity contribution in [3.05, 3.63) is 40.5 Å². The molecule has 0 saturated heterocycles. The average molecular weight is 426 g/mol. The lowest BCUT2D eigenvalue weighted by molar-refractivity contribution is -0.150. The number of aryl methyl sites for hydroxylation is 3. The number of nitrogens with one attached hydrogen (secondary N) is 1. The zero-order chi connectivity index (χ0) is 22.6. The summed E-state index contributed by atoms with van der Waals surface area (Å²) < 4.78 is 33.3. The average Bonchev–Trinajstić information content (AvgIpc) is 2.49. The van der Waals surface area contributed by atoms with Crippen LogP contribution in [0, 0.1) is 26.7 Å². The summed E-state index contributed by atoms with van der Waals surface area (Å²) in [6, 6.07) is 3.61. The largest absolute Gasteiger partial charge is 0.457 e. The minimum atomic E-state index is -3.80. The Morgan fingerprint density at radius 1 is 1.17 bits per heavy atom. The minimum absolute atomic E-state index is 0.176. The number of rotatable bonds is 8. The molecule has 0 amide bonds. The fraction of sp³-hybridized carbons (Fsp3) is 0.591. The van der Waals surface area contributed by atoms with E-state index < -0.39 is 27.7 Å². The molecule has 0 heterocycles. The Morgan fingerprint density at radius 3 is 2.14 bits per heavy atom. The van der Waals surface area contributed by atoms with E-state index >= 15 is 0 Å². The third-order valence-corrected chi connectivity index (χ3v) is 5.77. The molecule has 6 nitrogen and oxygen atoms in total. The number of aliphatic hydroxyl groups is 1. The van der Waals surface area contributed by atoms with Crippen molar-refractivity contribution in [2.75, 3.05) is 6.54 Å². The first-order chi connectivity index (χ1) is 13.1. The first kappa shape index (κ1) is 25.3. The van der Waals surface area contributed by atoms with Crippen molar-refractivity contribution in [2.45, 2.75) is 78.4 Å². The van der Waals surface area contributed by atoms with Gasteiger partial charge in [0.1, 0.15) is 5.60 Å². The van der Waals surface area contributed by atoms with Crippen LogP contribution in [-0.4, -0.2) is 37.7 Å². The molecule has 1 atom stereocenters. The smallest absolute Gasteiger partial charge is 0.334 e. The van der Waals surface area contributed by atoms with Gasteiger partial charge >= 0.3 is 5.97 Å². The molecule has 1 rings (SSSR count). The van der Waals surface area contributed by atoms with Crippen LogP contribution in [0.1, 0.15) is 57.7 Å². The topological polar surface area (TPSA) is 92.7 Å². The summed E-state index contributed by atoms with van der Waals surface area (Å²) in [6.45, 7) is 14.4. The van der Waals surface area contributed by atoms with E-state index in [0.29, 0.717) is 23.1 Å². The highest BCUT2D eigenvalue weighted by Crippen LogP contribution is 2.22. The van der Waals surface area contributed by atoms with E-state index in [-0.39, 0.29) is 17.4 Å². The lowest BCUT2D eigenvalue weighted by atomic mass is 10.0. The molecule has 2 N–H and O–H groups in total. The summed E-state index contributed by atoms with van der Waals surface area (Å²) in [4.78, 5) is 12.6. The van der Waals surface area contributed by atoms with Crippen LogP contribution in [0.2, 0.25) is 0 Å². The molecule has 0 spiro atoms. The van der Waals surface area contributed by atoms with Gasteiger partial charge in [0.15, 0.2) is 0 Å². The maximum atomic E-state index is 12.7. The lowest BCUT2D eigenvalue weighted by Crippen LogP contribution is -2.33. The van der Waals surface area contributed by atoms with Crippen LogP contribution in [0.4, 0.5) is 0 Å². The Labute approximate surface area is 175 Å². The second kappa shape index (κ2) is 9.87. The molecule has 0 aliphatic carbocycles. The number of hydrogen-bond donors (Lipinski definition) is 2. The summed E-state index contributed by atoms with van der Waals surface area (Å²) in [5.74, 6) is -0.325. The SMILES string of the molecule is Cc1cc(C)c(S(=O)(=O)NC[C@H](O)/C=C(\CC(C)C)C(=O)OC(C)(C)C)c(C)c1. The van der Waals surface area contributed by atoms with E-state index in [1.807, 2.05) is 20.8 Å². The van der Waals surface area contributed by atoms with Gasteiger partial charge in [-0.2, -0.15) is 0 Å². The number of carbonyl (C=O) groups is 1. The van der Waals surface area contributed by atoms with E-state index in [1.54, 1.807) is 46.8 Å². The molecular formula is C22H35NO5S. The van der Waals surface area contributed by atoms with Crippen LogP contribution in [0.25, 0.3) is 0 Å². The van der Waals surface area contributed by atoms with Gasteiger partial charge in [0.2, 0.25) is 10.0 Å². The van der Waals surface area contributed by atoms with Gasteiger partial charge in [0, 0.05) is 12.1 Å². The first-order valence-corrected chi connectivity index (χ1v) is 11.3. The van der Waals surface area contributed by atoms with Gasteiger partial charge in [-0.1, -0.05) is 31.5 Å². The molecule has 0 bridgehead atoms. The number of hydrogen-bond acceptors (Lipinski definition) is 5. The molecular weight excluding hydrogens is 390 g/mol. The standard InChI is InChI=1S/C22H35NO5S/c1-14(2)9-18(21(25)28-22(6,7)8)12-19(24)13-23-29(26,27)20-16(4)10-15(3)11-17(20)5/h10-12,14,19,23-24H,9,13H2,1-8H3/b18-12+/t19-/m1/s1. The highest BCUT2D eigenvalue weighted by molar-refractivity contribution is 7.89. The van der Waals surface area contributed by atoms with E-state index in [4.69, 9.17) is 4.74 Å². The maximum Gasteiger partial charge on any atom is 0.334 e. The third-order valence-electron chi connectivity index (χ3n) is 4.04. The van der Waals surface area contributed by atoms with Crippen molar-refractivity contribution in [1.29, 1.82) is 0 Å². The molecule has 1 aromatic carbocycles. The molecule has 0 fully saturated rings. The van der Waals surface area contributed by atoms with E-state index in [0.717, 1.165) is 5.56 Å². The molecule has 0 aliphatic heterocycles. The Morgan fingerprint density at radius 2 is 1.69 bits per heavy atom. The fourth-order valence-electron chi connectivity index (χ4n) is 3.15. The Bertz CT molecular complexity index is 841. The van der Waals surface area contributed by atoms with Crippen molar-refractivity contribution in [3.63, 3.8) is 0 Å². The van der Waals surface area contributed by atoms with E-state index in [1.165, 1.54) is 6.08 Å². The maximum absolute atomic E-state index is 12.7. The molecule has 29 heavy (non-hydrogen) atoms.